The van der Waals surface area contributed by atoms with Gasteiger partial charge in [0.25, 0.3) is 0 Å². The van der Waals surface area contributed by atoms with Gasteiger partial charge in [0, 0.05) is 11.6 Å². The van der Waals surface area contributed by atoms with Crippen molar-refractivity contribution in [2.75, 3.05) is 0 Å². The number of ether oxygens (including phenoxy) is 1. The fourth-order valence-corrected chi connectivity index (χ4v) is 1.62. The Morgan fingerprint density at radius 1 is 1.21 bits per heavy atom. The van der Waals surface area contributed by atoms with Crippen LogP contribution in [0.4, 0.5) is 4.39 Å². The SMILES string of the molecule is NC(=O)c1ccc(COc2ccc(Cl)c(F)c2)cc1. The van der Waals surface area contributed by atoms with Crippen LogP contribution in [0.5, 0.6) is 5.75 Å². The van der Waals surface area contributed by atoms with Crippen molar-refractivity contribution in [3.63, 3.8) is 0 Å². The zero-order valence-corrected chi connectivity index (χ0v) is 10.7. The van der Waals surface area contributed by atoms with Gasteiger partial charge in [0.2, 0.25) is 5.91 Å². The molecule has 0 aromatic heterocycles. The van der Waals surface area contributed by atoms with E-state index in [1.165, 1.54) is 12.1 Å². The first-order valence-corrected chi connectivity index (χ1v) is 5.90. The predicted octanol–water partition coefficient (Wildman–Crippen LogP) is 3.16. The van der Waals surface area contributed by atoms with Gasteiger partial charge in [-0.3, -0.25) is 4.79 Å². The third kappa shape index (κ3) is 3.45. The lowest BCUT2D eigenvalue weighted by Gasteiger charge is -2.07. The van der Waals surface area contributed by atoms with Gasteiger partial charge >= 0.3 is 0 Å². The standard InChI is InChI=1S/C14H11ClFNO2/c15-12-6-5-11(7-13(12)16)19-8-9-1-3-10(4-2-9)14(17)18/h1-7H,8H2,(H2,17,18). The van der Waals surface area contributed by atoms with Crippen LogP contribution in [0.1, 0.15) is 15.9 Å². The molecule has 0 heterocycles. The molecule has 1 amide bonds. The quantitative estimate of drug-likeness (QED) is 0.935. The topological polar surface area (TPSA) is 52.3 Å². The Morgan fingerprint density at radius 2 is 1.89 bits per heavy atom. The number of carbonyl (C=O) groups excluding carboxylic acids is 1. The Morgan fingerprint density at radius 3 is 2.47 bits per heavy atom. The lowest BCUT2D eigenvalue weighted by atomic mass is 10.1. The Kier molecular flexibility index (Phi) is 4.02. The average molecular weight is 280 g/mol. The summed E-state index contributed by atoms with van der Waals surface area (Å²) in [7, 11) is 0. The van der Waals surface area contributed by atoms with Crippen LogP contribution in [-0.4, -0.2) is 5.91 Å². The number of primary amides is 1. The Hall–Kier alpha value is -2.07. The lowest BCUT2D eigenvalue weighted by Crippen LogP contribution is -2.10. The normalized spacial score (nSPS) is 10.2. The molecule has 0 atom stereocenters. The highest BCUT2D eigenvalue weighted by Gasteiger charge is 2.03. The molecule has 0 saturated carbocycles. The van der Waals surface area contributed by atoms with Crippen LogP contribution in [0.3, 0.4) is 0 Å². The second kappa shape index (κ2) is 5.71. The summed E-state index contributed by atoms with van der Waals surface area (Å²) in [5.74, 6) is -0.614. The molecule has 0 unspecified atom stereocenters. The van der Waals surface area contributed by atoms with Gasteiger partial charge in [-0.25, -0.2) is 4.39 Å². The molecule has 5 heteroatoms. The number of hydrogen-bond donors (Lipinski definition) is 1. The van der Waals surface area contributed by atoms with E-state index in [1.54, 1.807) is 30.3 Å². The van der Waals surface area contributed by atoms with E-state index >= 15 is 0 Å². The molecule has 2 N–H and O–H groups in total. The molecule has 3 nitrogen and oxygen atoms in total. The summed E-state index contributed by atoms with van der Waals surface area (Å²) in [4.78, 5) is 10.9. The fourth-order valence-electron chi connectivity index (χ4n) is 1.50. The number of hydrogen-bond acceptors (Lipinski definition) is 2. The maximum atomic E-state index is 13.2. The van der Waals surface area contributed by atoms with E-state index < -0.39 is 11.7 Å². The molecule has 0 aliphatic carbocycles. The van der Waals surface area contributed by atoms with Gasteiger partial charge in [0.15, 0.2) is 0 Å². The first kappa shape index (κ1) is 13.4. The molecule has 2 aromatic rings. The van der Waals surface area contributed by atoms with Crippen molar-refractivity contribution in [1.82, 2.24) is 0 Å². The van der Waals surface area contributed by atoms with Crippen molar-refractivity contribution in [1.29, 1.82) is 0 Å². The Balaban J connectivity index is 2.01. The molecule has 0 spiro atoms. The minimum absolute atomic E-state index is 0.0539. The second-order valence-corrected chi connectivity index (χ2v) is 4.33. The van der Waals surface area contributed by atoms with Gasteiger partial charge in [-0.1, -0.05) is 23.7 Å². The van der Waals surface area contributed by atoms with Crippen molar-refractivity contribution in [3.05, 3.63) is 64.4 Å². The van der Waals surface area contributed by atoms with E-state index in [4.69, 9.17) is 22.1 Å². The minimum atomic E-state index is -0.525. The highest BCUT2D eigenvalue weighted by molar-refractivity contribution is 6.30. The van der Waals surface area contributed by atoms with Gasteiger partial charge in [0.1, 0.15) is 18.2 Å². The third-order valence-electron chi connectivity index (χ3n) is 2.54. The molecule has 2 rings (SSSR count). The summed E-state index contributed by atoms with van der Waals surface area (Å²) in [6.45, 7) is 0.264. The number of carbonyl (C=O) groups is 1. The van der Waals surface area contributed by atoms with Gasteiger partial charge in [-0.05, 0) is 29.8 Å². The van der Waals surface area contributed by atoms with Crippen LogP contribution in [0.15, 0.2) is 42.5 Å². The van der Waals surface area contributed by atoms with E-state index in [1.807, 2.05) is 0 Å². The summed E-state index contributed by atoms with van der Waals surface area (Å²) in [6.07, 6.45) is 0. The first-order chi connectivity index (χ1) is 9.06. The molecule has 0 aliphatic heterocycles. The summed E-state index contributed by atoms with van der Waals surface area (Å²) in [6, 6.07) is 10.9. The smallest absolute Gasteiger partial charge is 0.248 e. The Bertz CT molecular complexity index is 599. The molecule has 2 aromatic carbocycles. The molecular formula is C14H11ClFNO2. The zero-order valence-electron chi connectivity index (χ0n) is 9.90. The van der Waals surface area contributed by atoms with Crippen LogP contribution in [0.25, 0.3) is 0 Å². The van der Waals surface area contributed by atoms with Crippen LogP contribution in [0.2, 0.25) is 5.02 Å². The lowest BCUT2D eigenvalue weighted by molar-refractivity contribution is 0.1000. The summed E-state index contributed by atoms with van der Waals surface area (Å²) in [5.41, 5.74) is 6.41. The van der Waals surface area contributed by atoms with Crippen molar-refractivity contribution < 1.29 is 13.9 Å². The minimum Gasteiger partial charge on any atom is -0.489 e. The van der Waals surface area contributed by atoms with Gasteiger partial charge in [-0.15, -0.1) is 0 Å². The van der Waals surface area contributed by atoms with E-state index in [9.17, 15) is 9.18 Å². The van der Waals surface area contributed by atoms with Crippen LogP contribution in [0, 0.1) is 5.82 Å². The molecule has 0 saturated heterocycles. The van der Waals surface area contributed by atoms with Gasteiger partial charge in [0.05, 0.1) is 5.02 Å². The van der Waals surface area contributed by atoms with Crippen molar-refractivity contribution in [2.24, 2.45) is 5.73 Å². The Labute approximate surface area is 114 Å². The van der Waals surface area contributed by atoms with Crippen molar-refractivity contribution in [3.8, 4) is 5.75 Å². The molecule has 0 fully saturated rings. The molecule has 0 bridgehead atoms. The predicted molar refractivity (Wildman–Crippen MR) is 70.7 cm³/mol. The maximum absolute atomic E-state index is 13.2. The number of nitrogens with two attached hydrogens (primary N) is 1. The van der Waals surface area contributed by atoms with Crippen molar-refractivity contribution in [2.45, 2.75) is 6.61 Å². The van der Waals surface area contributed by atoms with Crippen LogP contribution >= 0.6 is 11.6 Å². The third-order valence-corrected chi connectivity index (χ3v) is 2.84. The van der Waals surface area contributed by atoms with Gasteiger partial charge < -0.3 is 10.5 Å². The molecule has 0 aliphatic rings. The fraction of sp³-hybridized carbons (Fsp3) is 0.0714. The van der Waals surface area contributed by atoms with E-state index in [0.717, 1.165) is 5.56 Å². The number of rotatable bonds is 4. The summed E-state index contributed by atoms with van der Waals surface area (Å²) >= 11 is 5.57. The van der Waals surface area contributed by atoms with Crippen LogP contribution in [-0.2, 0) is 6.61 Å². The first-order valence-electron chi connectivity index (χ1n) is 5.53. The maximum Gasteiger partial charge on any atom is 0.248 e. The molecular weight excluding hydrogens is 269 g/mol. The van der Waals surface area contributed by atoms with E-state index in [-0.39, 0.29) is 11.6 Å². The number of halogens is 2. The van der Waals surface area contributed by atoms with E-state index in [2.05, 4.69) is 0 Å². The average Bonchev–Trinajstić information content (AvgIpc) is 2.40. The van der Waals surface area contributed by atoms with Crippen molar-refractivity contribution >= 4 is 17.5 Å². The van der Waals surface area contributed by atoms with Crippen LogP contribution < -0.4 is 10.5 Å². The molecule has 19 heavy (non-hydrogen) atoms. The summed E-state index contributed by atoms with van der Waals surface area (Å²) in [5, 5.41) is 0.0539. The highest BCUT2D eigenvalue weighted by Crippen LogP contribution is 2.21. The largest absolute Gasteiger partial charge is 0.489 e. The highest BCUT2D eigenvalue weighted by atomic mass is 35.5. The zero-order chi connectivity index (χ0) is 13.8. The summed E-state index contributed by atoms with van der Waals surface area (Å²) < 4.78 is 18.6. The van der Waals surface area contributed by atoms with E-state index in [0.29, 0.717) is 11.3 Å². The van der Waals surface area contributed by atoms with Gasteiger partial charge in [-0.2, -0.15) is 0 Å². The number of benzene rings is 2. The monoisotopic (exact) mass is 279 g/mol. The molecule has 98 valence electrons. The number of amides is 1. The molecule has 0 radical (unpaired) electrons. The second-order valence-electron chi connectivity index (χ2n) is 3.93.